The summed E-state index contributed by atoms with van der Waals surface area (Å²) in [4.78, 5) is 14.9. The zero-order chi connectivity index (χ0) is 14.1. The minimum atomic E-state index is -1.08. The van der Waals surface area contributed by atoms with Gasteiger partial charge in [-0.05, 0) is 35.1 Å². The van der Waals surface area contributed by atoms with Crippen LogP contribution in [-0.2, 0) is 4.74 Å². The third kappa shape index (κ3) is 2.40. The molecule has 0 bridgehead atoms. The van der Waals surface area contributed by atoms with Crippen LogP contribution in [0.5, 0.6) is 0 Å². The molecule has 4 nitrogen and oxygen atoms in total. The summed E-state index contributed by atoms with van der Waals surface area (Å²) in [5.41, 5.74) is 2.25. The van der Waals surface area contributed by atoms with Crippen molar-refractivity contribution < 1.29 is 14.6 Å². The van der Waals surface area contributed by atoms with Crippen molar-refractivity contribution in [1.82, 2.24) is 4.98 Å². The molecule has 102 valence electrons. The lowest BCUT2D eigenvalue weighted by Gasteiger charge is -2.14. The Bertz CT molecular complexity index is 724. The average molecular weight is 290 g/mol. The van der Waals surface area contributed by atoms with Crippen LogP contribution in [0.3, 0.4) is 0 Å². The van der Waals surface area contributed by atoms with Crippen molar-refractivity contribution in [2.24, 2.45) is 0 Å². The number of hydrogen-bond acceptors (Lipinski definition) is 3. The number of carboxylic acids is 1. The van der Waals surface area contributed by atoms with E-state index in [2.05, 4.69) is 11.1 Å². The van der Waals surface area contributed by atoms with Gasteiger partial charge in [0.25, 0.3) is 0 Å². The first kappa shape index (κ1) is 13.1. The molecule has 2 heterocycles. The molecule has 0 aliphatic carbocycles. The standard InChI is InChI=1S/C15H12ClNO3/c16-14-12-7-10(9-3-5-20-6-4-9)1-2-11(12)8-13(17-14)15(18)19/h1-3,7-8H,4-6H2,(H,18,19). The van der Waals surface area contributed by atoms with Gasteiger partial charge in [-0.2, -0.15) is 0 Å². The van der Waals surface area contributed by atoms with Gasteiger partial charge in [0.1, 0.15) is 5.15 Å². The number of rotatable bonds is 2. The maximum Gasteiger partial charge on any atom is 0.354 e. The molecule has 0 amide bonds. The molecular formula is C15H12ClNO3. The zero-order valence-corrected chi connectivity index (χ0v) is 11.4. The van der Waals surface area contributed by atoms with Crippen molar-refractivity contribution in [3.63, 3.8) is 0 Å². The van der Waals surface area contributed by atoms with Crippen molar-refractivity contribution in [2.45, 2.75) is 6.42 Å². The number of carboxylic acid groups (broad SMARTS) is 1. The highest BCUT2D eigenvalue weighted by Gasteiger charge is 2.12. The predicted molar refractivity (Wildman–Crippen MR) is 77.1 cm³/mol. The number of fused-ring (bicyclic) bond motifs is 1. The molecule has 1 aromatic heterocycles. The molecule has 1 aliphatic heterocycles. The Labute approximate surface area is 120 Å². The molecule has 0 unspecified atom stereocenters. The van der Waals surface area contributed by atoms with Gasteiger partial charge in [-0.3, -0.25) is 0 Å². The Kier molecular flexibility index (Phi) is 3.42. The van der Waals surface area contributed by atoms with Gasteiger partial charge in [-0.25, -0.2) is 9.78 Å². The van der Waals surface area contributed by atoms with Crippen molar-refractivity contribution >= 4 is 33.9 Å². The van der Waals surface area contributed by atoms with E-state index in [-0.39, 0.29) is 10.8 Å². The number of ether oxygens (including phenoxy) is 1. The predicted octanol–water partition coefficient (Wildman–Crippen LogP) is 3.39. The lowest BCUT2D eigenvalue weighted by Crippen LogP contribution is -2.04. The summed E-state index contributed by atoms with van der Waals surface area (Å²) in [6, 6.07) is 7.33. The maximum absolute atomic E-state index is 11.0. The summed E-state index contributed by atoms with van der Waals surface area (Å²) in [5, 5.41) is 10.7. The van der Waals surface area contributed by atoms with Crippen LogP contribution in [0.15, 0.2) is 30.3 Å². The Morgan fingerprint density at radius 3 is 2.90 bits per heavy atom. The fourth-order valence-corrected chi connectivity index (χ4v) is 2.56. The Morgan fingerprint density at radius 2 is 2.20 bits per heavy atom. The molecular weight excluding hydrogens is 278 g/mol. The SMILES string of the molecule is O=C(O)c1cc2ccc(C3=CCOCC3)cc2c(Cl)n1. The lowest BCUT2D eigenvalue weighted by atomic mass is 9.99. The van der Waals surface area contributed by atoms with E-state index in [1.807, 2.05) is 18.2 Å². The Balaban J connectivity index is 2.12. The highest BCUT2D eigenvalue weighted by atomic mass is 35.5. The number of nitrogens with zero attached hydrogens (tertiary/aromatic N) is 1. The van der Waals surface area contributed by atoms with Crippen LogP contribution in [0.1, 0.15) is 22.5 Å². The Hall–Kier alpha value is -1.91. The Morgan fingerprint density at radius 1 is 1.35 bits per heavy atom. The van der Waals surface area contributed by atoms with Gasteiger partial charge in [-0.1, -0.05) is 29.8 Å². The first-order chi connectivity index (χ1) is 9.65. The second-order valence-corrected chi connectivity index (χ2v) is 4.95. The van der Waals surface area contributed by atoms with E-state index in [0.29, 0.717) is 13.2 Å². The number of hydrogen-bond donors (Lipinski definition) is 1. The van der Waals surface area contributed by atoms with Crippen LogP contribution in [0.25, 0.3) is 16.3 Å². The number of aromatic carboxylic acids is 1. The molecule has 20 heavy (non-hydrogen) atoms. The molecule has 3 rings (SSSR count). The molecule has 1 N–H and O–H groups in total. The molecule has 5 heteroatoms. The van der Waals surface area contributed by atoms with Gasteiger partial charge in [0.05, 0.1) is 13.2 Å². The second kappa shape index (κ2) is 5.23. The van der Waals surface area contributed by atoms with Crippen molar-refractivity contribution in [1.29, 1.82) is 0 Å². The van der Waals surface area contributed by atoms with Crippen LogP contribution < -0.4 is 0 Å². The van der Waals surface area contributed by atoms with Gasteiger partial charge in [0.15, 0.2) is 5.69 Å². The summed E-state index contributed by atoms with van der Waals surface area (Å²) in [6.45, 7) is 1.34. The van der Waals surface area contributed by atoms with Crippen LogP contribution in [-0.4, -0.2) is 29.3 Å². The summed E-state index contributed by atoms with van der Waals surface area (Å²) in [7, 11) is 0. The maximum atomic E-state index is 11.0. The molecule has 2 aromatic rings. The minimum absolute atomic E-state index is 0.0412. The second-order valence-electron chi connectivity index (χ2n) is 4.59. The molecule has 0 saturated carbocycles. The van der Waals surface area contributed by atoms with Crippen LogP contribution >= 0.6 is 11.6 Å². The number of halogens is 1. The largest absolute Gasteiger partial charge is 0.477 e. The van der Waals surface area contributed by atoms with E-state index in [9.17, 15) is 4.79 Å². The van der Waals surface area contributed by atoms with E-state index in [0.717, 1.165) is 22.8 Å². The van der Waals surface area contributed by atoms with Crippen molar-refractivity contribution in [3.05, 3.63) is 46.8 Å². The van der Waals surface area contributed by atoms with Crippen molar-refractivity contribution in [3.8, 4) is 0 Å². The highest BCUT2D eigenvalue weighted by molar-refractivity contribution is 6.34. The molecule has 1 aliphatic rings. The van der Waals surface area contributed by atoms with Crippen molar-refractivity contribution in [2.75, 3.05) is 13.2 Å². The van der Waals surface area contributed by atoms with Crippen LogP contribution in [0, 0.1) is 0 Å². The summed E-state index contributed by atoms with van der Waals surface area (Å²) < 4.78 is 5.29. The summed E-state index contributed by atoms with van der Waals surface area (Å²) in [6.07, 6.45) is 2.92. The number of aromatic nitrogens is 1. The normalized spacial score (nSPS) is 15.2. The fraction of sp³-hybridized carbons (Fsp3) is 0.200. The molecule has 0 saturated heterocycles. The lowest BCUT2D eigenvalue weighted by molar-refractivity contribution is 0.0690. The number of benzene rings is 1. The van der Waals surface area contributed by atoms with Crippen LogP contribution in [0.4, 0.5) is 0 Å². The summed E-state index contributed by atoms with van der Waals surface area (Å²) >= 11 is 6.10. The molecule has 0 spiro atoms. The van der Waals surface area contributed by atoms with E-state index in [1.54, 1.807) is 0 Å². The monoisotopic (exact) mass is 289 g/mol. The summed E-state index contributed by atoms with van der Waals surface area (Å²) in [5.74, 6) is -1.08. The number of pyridine rings is 1. The number of carbonyl (C=O) groups is 1. The smallest absolute Gasteiger partial charge is 0.354 e. The third-order valence-electron chi connectivity index (χ3n) is 3.34. The fourth-order valence-electron chi connectivity index (χ4n) is 2.30. The topological polar surface area (TPSA) is 59.4 Å². The quantitative estimate of drug-likeness (QED) is 0.861. The van der Waals surface area contributed by atoms with Gasteiger partial charge < -0.3 is 9.84 Å². The van der Waals surface area contributed by atoms with Gasteiger partial charge in [0.2, 0.25) is 0 Å². The third-order valence-corrected chi connectivity index (χ3v) is 3.63. The van der Waals surface area contributed by atoms with Gasteiger partial charge >= 0.3 is 5.97 Å². The van der Waals surface area contributed by atoms with Crippen LogP contribution in [0.2, 0.25) is 5.15 Å². The van der Waals surface area contributed by atoms with E-state index < -0.39 is 5.97 Å². The van der Waals surface area contributed by atoms with E-state index in [4.69, 9.17) is 21.4 Å². The van der Waals surface area contributed by atoms with E-state index in [1.165, 1.54) is 11.6 Å². The zero-order valence-electron chi connectivity index (χ0n) is 10.6. The van der Waals surface area contributed by atoms with E-state index >= 15 is 0 Å². The van der Waals surface area contributed by atoms with Gasteiger partial charge in [0, 0.05) is 5.39 Å². The highest BCUT2D eigenvalue weighted by Crippen LogP contribution is 2.28. The first-order valence-corrected chi connectivity index (χ1v) is 6.64. The molecule has 0 atom stereocenters. The average Bonchev–Trinajstić information content (AvgIpc) is 2.47. The molecule has 0 fully saturated rings. The first-order valence-electron chi connectivity index (χ1n) is 6.26. The molecule has 0 radical (unpaired) electrons. The molecule has 1 aromatic carbocycles. The van der Waals surface area contributed by atoms with Gasteiger partial charge in [-0.15, -0.1) is 0 Å². The minimum Gasteiger partial charge on any atom is -0.477 e.